The van der Waals surface area contributed by atoms with Gasteiger partial charge in [0.2, 0.25) is 0 Å². The van der Waals surface area contributed by atoms with Crippen LogP contribution in [0.3, 0.4) is 0 Å². The lowest BCUT2D eigenvalue weighted by atomic mass is 10.4. The van der Waals surface area contributed by atoms with Crippen LogP contribution in [-0.2, 0) is 0 Å². The molecule has 0 aliphatic heterocycles. The topological polar surface area (TPSA) is 0 Å². The molecule has 1 heteroatoms. The third-order valence-electron chi connectivity index (χ3n) is 1.74. The Kier molecular flexibility index (Phi) is 5.64. The molecule has 0 unspecified atom stereocenters. The van der Waals surface area contributed by atoms with Crippen LogP contribution in [0.25, 0.3) is 0 Å². The molecule has 0 bridgehead atoms. The first-order chi connectivity index (χ1) is 7.36. The van der Waals surface area contributed by atoms with Gasteiger partial charge in [-0.1, -0.05) is 54.3 Å². The first kappa shape index (κ1) is 11.9. The van der Waals surface area contributed by atoms with E-state index in [0.29, 0.717) is 0 Å². The number of rotatable bonds is 4. The fraction of sp³-hybridized carbons (Fsp3) is 0.0714. The summed E-state index contributed by atoms with van der Waals surface area (Å²) in [6.45, 7) is 5.80. The first-order valence-corrected chi connectivity index (χ1v) is 5.70. The molecule has 0 atom stereocenters. The maximum atomic E-state index is 3.80. The highest BCUT2D eigenvalue weighted by atomic mass is 32.2. The molecule has 0 spiro atoms. The minimum Gasteiger partial charge on any atom is -0.0904 e. The van der Waals surface area contributed by atoms with Crippen LogP contribution < -0.4 is 0 Å². The average Bonchev–Trinajstić information content (AvgIpc) is 2.29. The molecule has 0 aromatic heterocycles. The number of hydrogen-bond acceptors (Lipinski definition) is 1. The van der Waals surface area contributed by atoms with Gasteiger partial charge in [-0.15, -0.1) is 0 Å². The predicted molar refractivity (Wildman–Crippen MR) is 69.7 cm³/mol. The van der Waals surface area contributed by atoms with Crippen LogP contribution in [0.5, 0.6) is 0 Å². The van der Waals surface area contributed by atoms with Crippen LogP contribution in [0.1, 0.15) is 6.92 Å². The van der Waals surface area contributed by atoms with E-state index in [0.717, 1.165) is 4.91 Å². The second kappa shape index (κ2) is 7.13. The normalized spacial score (nSPS) is 12.8. The molecule has 77 valence electrons. The zero-order valence-corrected chi connectivity index (χ0v) is 9.71. The Labute approximate surface area is 96.4 Å². The lowest BCUT2D eigenvalue weighted by Gasteiger charge is -2.00. The molecule has 0 aliphatic rings. The molecule has 1 radical (unpaired) electrons. The fourth-order valence-electron chi connectivity index (χ4n) is 1.03. The van der Waals surface area contributed by atoms with Gasteiger partial charge in [0.1, 0.15) is 0 Å². The van der Waals surface area contributed by atoms with Gasteiger partial charge in [0, 0.05) is 9.80 Å². The van der Waals surface area contributed by atoms with Crippen molar-refractivity contribution in [2.75, 3.05) is 0 Å². The minimum atomic E-state index is 1.15. The van der Waals surface area contributed by atoms with Gasteiger partial charge in [-0.2, -0.15) is 0 Å². The quantitative estimate of drug-likeness (QED) is 0.521. The molecule has 1 aromatic rings. The van der Waals surface area contributed by atoms with Crippen molar-refractivity contribution >= 4 is 11.8 Å². The molecule has 0 nitrogen and oxygen atoms in total. The molecule has 15 heavy (non-hydrogen) atoms. The Morgan fingerprint density at radius 2 is 1.93 bits per heavy atom. The lowest BCUT2D eigenvalue weighted by Crippen LogP contribution is -1.72. The molecule has 1 aromatic carbocycles. The number of thioether (sulfide) groups is 1. The summed E-state index contributed by atoms with van der Waals surface area (Å²) >= 11 is 1.72. The summed E-state index contributed by atoms with van der Waals surface area (Å²) in [5.74, 6) is 0. The summed E-state index contributed by atoms with van der Waals surface area (Å²) in [4.78, 5) is 2.39. The highest BCUT2D eigenvalue weighted by molar-refractivity contribution is 8.03. The second-order valence-corrected chi connectivity index (χ2v) is 4.05. The zero-order valence-electron chi connectivity index (χ0n) is 8.89. The molecule has 0 aliphatic carbocycles. The van der Waals surface area contributed by atoms with Gasteiger partial charge in [0.25, 0.3) is 0 Å². The number of allylic oxidation sites excluding steroid dienone is 5. The number of hydrogen-bond donors (Lipinski definition) is 0. The van der Waals surface area contributed by atoms with Gasteiger partial charge < -0.3 is 0 Å². The molecular weight excluding hydrogens is 200 g/mol. The molecule has 1 rings (SSSR count). The Morgan fingerprint density at radius 3 is 2.53 bits per heavy atom. The van der Waals surface area contributed by atoms with Gasteiger partial charge >= 0.3 is 0 Å². The standard InChI is InChI=1S/C14H15S/c1-3-5-7-10-13(4-2)15-14-11-8-6-9-12-14/h3-12H,2H2,1H3/b5-3+,10-7-,13-4+. The van der Waals surface area contributed by atoms with Gasteiger partial charge in [0.05, 0.1) is 0 Å². The van der Waals surface area contributed by atoms with E-state index >= 15 is 0 Å². The van der Waals surface area contributed by atoms with Crippen molar-refractivity contribution in [1.82, 2.24) is 0 Å². The molecule has 0 fully saturated rings. The third kappa shape index (κ3) is 4.71. The van der Waals surface area contributed by atoms with Crippen molar-refractivity contribution in [3.05, 3.63) is 72.5 Å². The largest absolute Gasteiger partial charge is 0.0904 e. The Bertz CT molecular complexity index is 358. The van der Waals surface area contributed by atoms with Gasteiger partial charge in [-0.05, 0) is 32.1 Å². The summed E-state index contributed by atoms with van der Waals surface area (Å²) < 4.78 is 0. The Morgan fingerprint density at radius 1 is 1.20 bits per heavy atom. The highest BCUT2D eigenvalue weighted by Gasteiger charge is 1.94. The van der Waals surface area contributed by atoms with E-state index in [-0.39, 0.29) is 0 Å². The second-order valence-electron chi connectivity index (χ2n) is 2.91. The molecule has 0 saturated heterocycles. The summed E-state index contributed by atoms with van der Waals surface area (Å²) in [7, 11) is 0. The Hall–Kier alpha value is -1.21. The van der Waals surface area contributed by atoms with Gasteiger partial charge in [0.15, 0.2) is 0 Å². The predicted octanol–water partition coefficient (Wildman–Crippen LogP) is 4.63. The van der Waals surface area contributed by atoms with Crippen LogP contribution in [0.2, 0.25) is 0 Å². The van der Waals surface area contributed by atoms with Crippen LogP contribution in [0, 0.1) is 6.92 Å². The van der Waals surface area contributed by atoms with E-state index in [4.69, 9.17) is 0 Å². The summed E-state index contributed by atoms with van der Waals surface area (Å²) in [6, 6.07) is 10.3. The lowest BCUT2D eigenvalue weighted by molar-refractivity contribution is 1.47. The van der Waals surface area contributed by atoms with Gasteiger partial charge in [-0.25, -0.2) is 0 Å². The smallest absolute Gasteiger partial charge is 0.0122 e. The first-order valence-electron chi connectivity index (χ1n) is 4.88. The SMILES string of the molecule is [CH2]\C=C(/C=C\C=C\C)Sc1ccccc1. The van der Waals surface area contributed by atoms with Crippen LogP contribution in [0.15, 0.2) is 70.5 Å². The number of benzene rings is 1. The summed E-state index contributed by atoms with van der Waals surface area (Å²) in [5.41, 5.74) is 0. The maximum Gasteiger partial charge on any atom is 0.0122 e. The van der Waals surface area contributed by atoms with Crippen LogP contribution >= 0.6 is 11.8 Å². The maximum absolute atomic E-state index is 3.80. The van der Waals surface area contributed by atoms with Crippen molar-refractivity contribution in [2.24, 2.45) is 0 Å². The molecular formula is C14H15S. The van der Waals surface area contributed by atoms with E-state index in [9.17, 15) is 0 Å². The summed E-state index contributed by atoms with van der Waals surface area (Å²) in [5, 5.41) is 0. The monoisotopic (exact) mass is 215 g/mol. The molecule has 0 amide bonds. The van der Waals surface area contributed by atoms with Crippen molar-refractivity contribution in [3.8, 4) is 0 Å². The Balaban J connectivity index is 2.63. The van der Waals surface area contributed by atoms with E-state index < -0.39 is 0 Å². The van der Waals surface area contributed by atoms with E-state index in [1.54, 1.807) is 11.8 Å². The average molecular weight is 215 g/mol. The fourth-order valence-corrected chi connectivity index (χ4v) is 1.83. The van der Waals surface area contributed by atoms with Crippen LogP contribution in [0.4, 0.5) is 0 Å². The van der Waals surface area contributed by atoms with Crippen molar-refractivity contribution in [3.63, 3.8) is 0 Å². The van der Waals surface area contributed by atoms with Crippen molar-refractivity contribution in [1.29, 1.82) is 0 Å². The van der Waals surface area contributed by atoms with Crippen LogP contribution in [-0.4, -0.2) is 0 Å². The minimum absolute atomic E-state index is 1.15. The molecule has 0 saturated carbocycles. The highest BCUT2D eigenvalue weighted by Crippen LogP contribution is 2.26. The molecule has 0 heterocycles. The summed E-state index contributed by atoms with van der Waals surface area (Å²) in [6.07, 6.45) is 9.97. The van der Waals surface area contributed by atoms with E-state index in [1.165, 1.54) is 4.90 Å². The third-order valence-corrected chi connectivity index (χ3v) is 2.79. The van der Waals surface area contributed by atoms with Gasteiger partial charge in [-0.3, -0.25) is 0 Å². The van der Waals surface area contributed by atoms with E-state index in [1.807, 2.05) is 49.4 Å². The zero-order chi connectivity index (χ0) is 10.9. The van der Waals surface area contributed by atoms with E-state index in [2.05, 4.69) is 25.1 Å². The van der Waals surface area contributed by atoms with Crippen molar-refractivity contribution < 1.29 is 0 Å². The molecule has 0 N–H and O–H groups in total. The van der Waals surface area contributed by atoms with Crippen molar-refractivity contribution in [2.45, 2.75) is 11.8 Å².